The van der Waals surface area contributed by atoms with E-state index in [1.807, 2.05) is 24.3 Å². The number of hydrogen-bond acceptors (Lipinski definition) is 3. The number of aryl methyl sites for hydroxylation is 1. The third kappa shape index (κ3) is 5.12. The lowest BCUT2D eigenvalue weighted by Crippen LogP contribution is -2.38. The number of ether oxygens (including phenoxy) is 1. The summed E-state index contributed by atoms with van der Waals surface area (Å²) in [5, 5.41) is 0. The molecule has 2 aromatic carbocycles. The van der Waals surface area contributed by atoms with Crippen LogP contribution in [-0.4, -0.2) is 55.5 Å². The van der Waals surface area contributed by atoms with Crippen molar-refractivity contribution >= 4 is 5.91 Å². The summed E-state index contributed by atoms with van der Waals surface area (Å²) in [5.74, 6) is 1.75. The molecule has 4 rings (SSSR count). The van der Waals surface area contributed by atoms with Crippen LogP contribution in [0, 0.1) is 12.8 Å². The predicted molar refractivity (Wildman–Crippen MR) is 126 cm³/mol. The largest absolute Gasteiger partial charge is 0.497 e. The van der Waals surface area contributed by atoms with Gasteiger partial charge in [-0.15, -0.1) is 0 Å². The Morgan fingerprint density at radius 2 is 1.68 bits per heavy atom. The predicted octanol–water partition coefficient (Wildman–Crippen LogP) is 5.12. The summed E-state index contributed by atoms with van der Waals surface area (Å²) >= 11 is 0. The maximum Gasteiger partial charge on any atom is 0.253 e. The van der Waals surface area contributed by atoms with Crippen LogP contribution in [0.2, 0.25) is 0 Å². The van der Waals surface area contributed by atoms with E-state index in [4.69, 9.17) is 4.74 Å². The second kappa shape index (κ2) is 9.86. The molecular formula is C27H36N2O2. The molecule has 31 heavy (non-hydrogen) atoms. The number of hydrogen-bond donors (Lipinski definition) is 0. The molecule has 166 valence electrons. The van der Waals surface area contributed by atoms with Crippen molar-refractivity contribution in [1.82, 2.24) is 9.80 Å². The van der Waals surface area contributed by atoms with Gasteiger partial charge in [0.1, 0.15) is 5.75 Å². The van der Waals surface area contributed by atoms with Crippen molar-refractivity contribution < 1.29 is 9.53 Å². The monoisotopic (exact) mass is 420 g/mol. The first-order valence-corrected chi connectivity index (χ1v) is 11.8. The van der Waals surface area contributed by atoms with E-state index in [0.717, 1.165) is 30.9 Å². The van der Waals surface area contributed by atoms with Crippen LogP contribution in [0.1, 0.15) is 59.5 Å². The third-order valence-electron chi connectivity index (χ3n) is 7.29. The Hall–Kier alpha value is -2.33. The Morgan fingerprint density at radius 3 is 2.32 bits per heavy atom. The highest BCUT2D eigenvalue weighted by Crippen LogP contribution is 2.35. The number of likely N-dealkylation sites (tertiary alicyclic amines) is 1. The molecule has 1 saturated carbocycles. The second-order valence-electron chi connectivity index (χ2n) is 9.45. The maximum absolute atomic E-state index is 13.3. The first kappa shape index (κ1) is 21.9. The molecule has 0 N–H and O–H groups in total. The molecule has 2 unspecified atom stereocenters. The van der Waals surface area contributed by atoms with E-state index < -0.39 is 0 Å². The van der Waals surface area contributed by atoms with Gasteiger partial charge in [-0.25, -0.2) is 0 Å². The normalized spacial score (nSPS) is 22.1. The highest BCUT2D eigenvalue weighted by atomic mass is 16.5. The SMILES string of the molecule is COc1ccc(C(=O)N2CC(CN(C)C3CCCCC3)C(c3ccc(C)cc3)C2)cc1. The third-order valence-corrected chi connectivity index (χ3v) is 7.29. The number of amides is 1. The topological polar surface area (TPSA) is 32.8 Å². The molecule has 0 aromatic heterocycles. The first-order chi connectivity index (χ1) is 15.0. The summed E-state index contributed by atoms with van der Waals surface area (Å²) < 4.78 is 5.25. The van der Waals surface area contributed by atoms with Gasteiger partial charge in [0.05, 0.1) is 7.11 Å². The summed E-state index contributed by atoms with van der Waals surface area (Å²) in [6.07, 6.45) is 6.70. The Balaban J connectivity index is 1.52. The molecule has 4 nitrogen and oxygen atoms in total. The minimum absolute atomic E-state index is 0.127. The van der Waals surface area contributed by atoms with Gasteiger partial charge >= 0.3 is 0 Å². The van der Waals surface area contributed by atoms with Gasteiger partial charge in [0.15, 0.2) is 0 Å². The van der Waals surface area contributed by atoms with E-state index in [-0.39, 0.29) is 5.91 Å². The lowest BCUT2D eigenvalue weighted by atomic mass is 9.87. The zero-order valence-electron chi connectivity index (χ0n) is 19.2. The van der Waals surface area contributed by atoms with Gasteiger partial charge in [0, 0.05) is 37.2 Å². The van der Waals surface area contributed by atoms with E-state index in [2.05, 4.69) is 48.0 Å². The van der Waals surface area contributed by atoms with Crippen molar-refractivity contribution in [2.75, 3.05) is 33.8 Å². The number of carbonyl (C=O) groups is 1. The van der Waals surface area contributed by atoms with Crippen LogP contribution in [0.3, 0.4) is 0 Å². The number of benzene rings is 2. The molecule has 2 atom stereocenters. The Morgan fingerprint density at radius 1 is 1.00 bits per heavy atom. The average Bonchev–Trinajstić information content (AvgIpc) is 3.23. The minimum atomic E-state index is 0.127. The molecule has 0 spiro atoms. The molecule has 1 saturated heterocycles. The van der Waals surface area contributed by atoms with Gasteiger partial charge in [0.2, 0.25) is 0 Å². The number of carbonyl (C=O) groups excluding carboxylic acids is 1. The first-order valence-electron chi connectivity index (χ1n) is 11.8. The van der Waals surface area contributed by atoms with E-state index in [1.54, 1.807) is 7.11 Å². The number of methoxy groups -OCH3 is 1. The molecule has 1 aliphatic heterocycles. The lowest BCUT2D eigenvalue weighted by molar-refractivity contribution is 0.0780. The standard InChI is InChI=1S/C27H36N2O2/c1-20-9-11-21(12-10-20)26-19-29(27(30)22-13-15-25(31-3)16-14-22)18-23(26)17-28(2)24-7-5-4-6-8-24/h9-16,23-24,26H,4-8,17-19H2,1-3H3. The Kier molecular flexibility index (Phi) is 6.96. The van der Waals surface area contributed by atoms with E-state index in [9.17, 15) is 4.79 Å². The molecule has 2 aliphatic rings. The fourth-order valence-corrected chi connectivity index (χ4v) is 5.37. The molecule has 2 aromatic rings. The molecule has 4 heteroatoms. The van der Waals surface area contributed by atoms with Gasteiger partial charge in [-0.3, -0.25) is 4.79 Å². The van der Waals surface area contributed by atoms with Crippen LogP contribution in [0.15, 0.2) is 48.5 Å². The highest BCUT2D eigenvalue weighted by molar-refractivity contribution is 5.94. The van der Waals surface area contributed by atoms with E-state index in [1.165, 1.54) is 43.2 Å². The van der Waals surface area contributed by atoms with Gasteiger partial charge in [-0.05, 0) is 62.6 Å². The zero-order chi connectivity index (χ0) is 21.8. The Bertz CT molecular complexity index is 856. The average molecular weight is 421 g/mol. The lowest BCUT2D eigenvalue weighted by Gasteiger charge is -2.34. The van der Waals surface area contributed by atoms with Gasteiger partial charge in [-0.2, -0.15) is 0 Å². The van der Waals surface area contributed by atoms with Crippen LogP contribution in [0.4, 0.5) is 0 Å². The Labute approximate surface area is 187 Å². The van der Waals surface area contributed by atoms with Crippen LogP contribution in [0.5, 0.6) is 5.75 Å². The summed E-state index contributed by atoms with van der Waals surface area (Å²) in [6.45, 7) is 4.79. The van der Waals surface area contributed by atoms with Crippen LogP contribution < -0.4 is 4.74 Å². The van der Waals surface area contributed by atoms with Crippen molar-refractivity contribution in [1.29, 1.82) is 0 Å². The van der Waals surface area contributed by atoms with Gasteiger partial charge < -0.3 is 14.5 Å². The molecular weight excluding hydrogens is 384 g/mol. The summed E-state index contributed by atoms with van der Waals surface area (Å²) in [6, 6.07) is 17.1. The van der Waals surface area contributed by atoms with Crippen LogP contribution in [0.25, 0.3) is 0 Å². The maximum atomic E-state index is 13.3. The molecule has 1 heterocycles. The fraction of sp³-hybridized carbons (Fsp3) is 0.519. The number of rotatable bonds is 6. The minimum Gasteiger partial charge on any atom is -0.497 e. The zero-order valence-corrected chi connectivity index (χ0v) is 19.2. The van der Waals surface area contributed by atoms with Crippen molar-refractivity contribution in [2.24, 2.45) is 5.92 Å². The number of nitrogens with zero attached hydrogens (tertiary/aromatic N) is 2. The highest BCUT2D eigenvalue weighted by Gasteiger charge is 2.37. The summed E-state index contributed by atoms with van der Waals surface area (Å²) in [5.41, 5.74) is 3.38. The molecule has 1 amide bonds. The van der Waals surface area contributed by atoms with Gasteiger partial charge in [-0.1, -0.05) is 49.1 Å². The van der Waals surface area contributed by atoms with Gasteiger partial charge in [0.25, 0.3) is 5.91 Å². The molecule has 0 bridgehead atoms. The van der Waals surface area contributed by atoms with Crippen LogP contribution in [-0.2, 0) is 0 Å². The second-order valence-corrected chi connectivity index (χ2v) is 9.45. The fourth-order valence-electron chi connectivity index (χ4n) is 5.37. The van der Waals surface area contributed by atoms with Crippen molar-refractivity contribution in [3.8, 4) is 5.75 Å². The molecule has 1 aliphatic carbocycles. The summed E-state index contributed by atoms with van der Waals surface area (Å²) in [7, 11) is 3.94. The van der Waals surface area contributed by atoms with Crippen molar-refractivity contribution in [3.63, 3.8) is 0 Å². The van der Waals surface area contributed by atoms with Crippen molar-refractivity contribution in [2.45, 2.75) is 51.0 Å². The quantitative estimate of drug-likeness (QED) is 0.650. The summed E-state index contributed by atoms with van der Waals surface area (Å²) in [4.78, 5) is 17.9. The smallest absolute Gasteiger partial charge is 0.253 e. The van der Waals surface area contributed by atoms with Crippen LogP contribution >= 0.6 is 0 Å². The van der Waals surface area contributed by atoms with E-state index in [0.29, 0.717) is 17.9 Å². The molecule has 0 radical (unpaired) electrons. The molecule has 2 fully saturated rings. The van der Waals surface area contributed by atoms with Crippen molar-refractivity contribution in [3.05, 3.63) is 65.2 Å². The van der Waals surface area contributed by atoms with E-state index >= 15 is 0 Å².